The van der Waals surface area contributed by atoms with Crippen molar-refractivity contribution in [3.05, 3.63) is 90.5 Å². The smallest absolute Gasteiger partial charge is 0.335 e. The van der Waals surface area contributed by atoms with Crippen molar-refractivity contribution in [2.45, 2.75) is 0 Å². The first-order valence-corrected chi connectivity index (χ1v) is 7.19. The standard InChI is InChI=1S/C19H15BO2/c21-19(22)15-11-13-18(14-12-15)20(16-7-3-1-4-8-16)17-9-5-2-6-10-17/h1-14H,(H,21,22). The molecule has 2 nitrogen and oxygen atoms in total. The fraction of sp³-hybridized carbons (Fsp3) is 0. The molecule has 0 saturated heterocycles. The van der Waals surface area contributed by atoms with E-state index in [2.05, 4.69) is 24.3 Å². The summed E-state index contributed by atoms with van der Waals surface area (Å²) in [5.74, 6) is -0.900. The molecule has 3 aromatic rings. The van der Waals surface area contributed by atoms with Crippen molar-refractivity contribution in [1.82, 2.24) is 0 Å². The predicted octanol–water partition coefficient (Wildman–Crippen LogP) is 1.90. The fourth-order valence-electron chi connectivity index (χ4n) is 2.69. The third kappa shape index (κ3) is 2.94. The van der Waals surface area contributed by atoms with Gasteiger partial charge in [0.25, 0.3) is 0 Å². The van der Waals surface area contributed by atoms with Crippen LogP contribution in [0, 0.1) is 0 Å². The Hall–Kier alpha value is -2.81. The van der Waals surface area contributed by atoms with Crippen LogP contribution < -0.4 is 16.4 Å². The lowest BCUT2D eigenvalue weighted by atomic mass is 9.37. The van der Waals surface area contributed by atoms with Gasteiger partial charge in [0.2, 0.25) is 6.71 Å². The molecule has 3 rings (SSSR count). The quantitative estimate of drug-likeness (QED) is 0.744. The van der Waals surface area contributed by atoms with Gasteiger partial charge >= 0.3 is 5.97 Å². The maximum atomic E-state index is 11.0. The van der Waals surface area contributed by atoms with Crippen molar-refractivity contribution in [1.29, 1.82) is 0 Å². The van der Waals surface area contributed by atoms with Gasteiger partial charge < -0.3 is 5.11 Å². The monoisotopic (exact) mass is 286 g/mol. The van der Waals surface area contributed by atoms with Gasteiger partial charge in [0.05, 0.1) is 5.56 Å². The number of carboxylic acid groups (broad SMARTS) is 1. The molecule has 0 fully saturated rings. The van der Waals surface area contributed by atoms with Crippen LogP contribution in [-0.2, 0) is 0 Å². The molecule has 0 aliphatic heterocycles. The number of benzene rings is 3. The summed E-state index contributed by atoms with van der Waals surface area (Å²) >= 11 is 0. The van der Waals surface area contributed by atoms with Crippen LogP contribution in [0.3, 0.4) is 0 Å². The largest absolute Gasteiger partial charge is 0.478 e. The summed E-state index contributed by atoms with van der Waals surface area (Å²) in [5.41, 5.74) is 3.78. The zero-order chi connectivity index (χ0) is 15.4. The molecule has 0 aliphatic rings. The Morgan fingerprint density at radius 2 is 1.05 bits per heavy atom. The number of rotatable bonds is 4. The van der Waals surface area contributed by atoms with Crippen molar-refractivity contribution in [3.8, 4) is 0 Å². The summed E-state index contributed by atoms with van der Waals surface area (Å²) in [7, 11) is 0. The molecule has 0 spiro atoms. The second kappa shape index (κ2) is 6.31. The third-order valence-electron chi connectivity index (χ3n) is 3.76. The number of aromatic carboxylic acids is 1. The molecule has 0 radical (unpaired) electrons. The third-order valence-corrected chi connectivity index (χ3v) is 3.76. The van der Waals surface area contributed by atoms with Crippen molar-refractivity contribution in [2.75, 3.05) is 0 Å². The van der Waals surface area contributed by atoms with Gasteiger partial charge in [-0.2, -0.15) is 0 Å². The first kappa shape index (κ1) is 14.1. The summed E-state index contributed by atoms with van der Waals surface area (Å²) in [4.78, 5) is 11.0. The minimum atomic E-state index is -0.900. The van der Waals surface area contributed by atoms with Gasteiger partial charge in [-0.1, -0.05) is 89.2 Å². The van der Waals surface area contributed by atoms with Gasteiger partial charge in [0.1, 0.15) is 0 Å². The molecule has 106 valence electrons. The highest BCUT2D eigenvalue weighted by Gasteiger charge is 2.21. The van der Waals surface area contributed by atoms with E-state index in [1.807, 2.05) is 48.5 Å². The van der Waals surface area contributed by atoms with Gasteiger partial charge in [-0.05, 0) is 12.1 Å². The summed E-state index contributed by atoms with van der Waals surface area (Å²) in [6.07, 6.45) is 0. The second-order valence-electron chi connectivity index (χ2n) is 5.18. The highest BCUT2D eigenvalue weighted by atomic mass is 16.4. The van der Waals surface area contributed by atoms with Gasteiger partial charge in [-0.25, -0.2) is 4.79 Å². The summed E-state index contributed by atoms with van der Waals surface area (Å²) in [6.45, 7) is 0.102. The summed E-state index contributed by atoms with van der Waals surface area (Å²) < 4.78 is 0. The first-order chi connectivity index (χ1) is 10.8. The van der Waals surface area contributed by atoms with E-state index in [-0.39, 0.29) is 6.71 Å². The van der Waals surface area contributed by atoms with E-state index in [1.54, 1.807) is 12.1 Å². The van der Waals surface area contributed by atoms with Crippen LogP contribution in [0.5, 0.6) is 0 Å². The molecule has 22 heavy (non-hydrogen) atoms. The summed E-state index contributed by atoms with van der Waals surface area (Å²) in [6, 6.07) is 27.6. The second-order valence-corrected chi connectivity index (χ2v) is 5.18. The van der Waals surface area contributed by atoms with Gasteiger partial charge in [-0.15, -0.1) is 0 Å². The van der Waals surface area contributed by atoms with E-state index in [0.29, 0.717) is 5.56 Å². The zero-order valence-corrected chi connectivity index (χ0v) is 12.0. The molecule has 3 heteroatoms. The Bertz CT molecular complexity index is 713. The molecule has 1 N–H and O–H groups in total. The van der Waals surface area contributed by atoms with Crippen molar-refractivity contribution >= 4 is 29.1 Å². The van der Waals surface area contributed by atoms with Crippen LogP contribution in [0.2, 0.25) is 0 Å². The van der Waals surface area contributed by atoms with Gasteiger partial charge in [0, 0.05) is 0 Å². The number of hydrogen-bond donors (Lipinski definition) is 1. The van der Waals surface area contributed by atoms with Gasteiger partial charge in [0.15, 0.2) is 0 Å². The van der Waals surface area contributed by atoms with Crippen LogP contribution in [-0.4, -0.2) is 17.8 Å². The molecule has 0 aliphatic carbocycles. The lowest BCUT2D eigenvalue weighted by Gasteiger charge is -2.15. The molecule has 0 heterocycles. The maximum Gasteiger partial charge on any atom is 0.335 e. The van der Waals surface area contributed by atoms with Crippen molar-refractivity contribution in [2.24, 2.45) is 0 Å². The lowest BCUT2D eigenvalue weighted by Crippen LogP contribution is -2.51. The Labute approximate surface area is 130 Å². The van der Waals surface area contributed by atoms with Crippen LogP contribution in [0.25, 0.3) is 0 Å². The molecule has 0 atom stereocenters. The fourth-order valence-corrected chi connectivity index (χ4v) is 2.69. The average Bonchev–Trinajstić information content (AvgIpc) is 2.57. The van der Waals surface area contributed by atoms with E-state index in [4.69, 9.17) is 5.11 Å². The van der Waals surface area contributed by atoms with Crippen molar-refractivity contribution < 1.29 is 9.90 Å². The minimum Gasteiger partial charge on any atom is -0.478 e. The molecule has 0 saturated carbocycles. The van der Waals surface area contributed by atoms with E-state index < -0.39 is 5.97 Å². The highest BCUT2D eigenvalue weighted by Crippen LogP contribution is 2.00. The Morgan fingerprint density at radius 1 is 0.636 bits per heavy atom. The molecular weight excluding hydrogens is 271 g/mol. The molecular formula is C19H15BO2. The van der Waals surface area contributed by atoms with E-state index in [9.17, 15) is 4.79 Å². The predicted molar refractivity (Wildman–Crippen MR) is 90.9 cm³/mol. The average molecular weight is 286 g/mol. The summed E-state index contributed by atoms with van der Waals surface area (Å²) in [5, 5.41) is 9.05. The van der Waals surface area contributed by atoms with Crippen LogP contribution >= 0.6 is 0 Å². The van der Waals surface area contributed by atoms with Crippen molar-refractivity contribution in [3.63, 3.8) is 0 Å². The topological polar surface area (TPSA) is 37.3 Å². The normalized spacial score (nSPS) is 10.2. The Morgan fingerprint density at radius 3 is 1.45 bits per heavy atom. The molecule has 0 bridgehead atoms. The Kier molecular flexibility index (Phi) is 4.06. The van der Waals surface area contributed by atoms with E-state index >= 15 is 0 Å². The number of carboxylic acids is 1. The number of carbonyl (C=O) groups is 1. The molecule has 0 amide bonds. The van der Waals surface area contributed by atoms with E-state index in [0.717, 1.165) is 5.46 Å². The lowest BCUT2D eigenvalue weighted by molar-refractivity contribution is 0.0697. The Balaban J connectivity index is 2.08. The van der Waals surface area contributed by atoms with Crippen LogP contribution in [0.1, 0.15) is 10.4 Å². The van der Waals surface area contributed by atoms with Crippen LogP contribution in [0.15, 0.2) is 84.9 Å². The minimum absolute atomic E-state index is 0.102. The highest BCUT2D eigenvalue weighted by molar-refractivity contribution is 6.95. The van der Waals surface area contributed by atoms with Gasteiger partial charge in [-0.3, -0.25) is 0 Å². The zero-order valence-electron chi connectivity index (χ0n) is 12.0. The van der Waals surface area contributed by atoms with Crippen LogP contribution in [0.4, 0.5) is 0 Å². The number of hydrogen-bond acceptors (Lipinski definition) is 1. The van der Waals surface area contributed by atoms with E-state index in [1.165, 1.54) is 10.9 Å². The molecule has 3 aromatic carbocycles. The molecule has 0 aromatic heterocycles. The molecule has 0 unspecified atom stereocenters. The maximum absolute atomic E-state index is 11.0. The first-order valence-electron chi connectivity index (χ1n) is 7.19. The SMILES string of the molecule is O=C(O)c1ccc(B(c2ccccc2)c2ccccc2)cc1.